The fourth-order valence-corrected chi connectivity index (χ4v) is 1.32. The van der Waals surface area contributed by atoms with Crippen molar-refractivity contribution in [1.82, 2.24) is 0 Å². The molecular formula is C11H25NO3. The average Bonchev–Trinajstić information content (AvgIpc) is 2.17. The lowest BCUT2D eigenvalue weighted by Crippen LogP contribution is -2.38. The molecule has 0 saturated carbocycles. The molecule has 0 amide bonds. The Morgan fingerprint density at radius 3 is 2.53 bits per heavy atom. The van der Waals surface area contributed by atoms with E-state index in [2.05, 4.69) is 6.92 Å². The number of aliphatic hydroxyl groups is 1. The molecule has 4 nitrogen and oxygen atoms in total. The van der Waals surface area contributed by atoms with Crippen molar-refractivity contribution in [1.29, 1.82) is 0 Å². The van der Waals surface area contributed by atoms with Crippen molar-refractivity contribution in [2.45, 2.75) is 45.3 Å². The minimum atomic E-state index is -0.830. The van der Waals surface area contributed by atoms with Crippen LogP contribution in [0.15, 0.2) is 0 Å². The van der Waals surface area contributed by atoms with Crippen LogP contribution in [0.3, 0.4) is 0 Å². The Morgan fingerprint density at radius 1 is 1.33 bits per heavy atom. The molecule has 92 valence electrons. The standard InChI is InChI=1S/C11H25NO3/c1-4-5-14-6-7-15-10(2)8-11(3,13)9-12/h10,13H,4-9,12H2,1-3H3. The van der Waals surface area contributed by atoms with Crippen molar-refractivity contribution in [3.05, 3.63) is 0 Å². The summed E-state index contributed by atoms with van der Waals surface area (Å²) in [6, 6.07) is 0. The summed E-state index contributed by atoms with van der Waals surface area (Å²) < 4.78 is 10.8. The van der Waals surface area contributed by atoms with Crippen molar-refractivity contribution in [2.24, 2.45) is 5.73 Å². The first kappa shape index (κ1) is 14.8. The number of hydrogen-bond acceptors (Lipinski definition) is 4. The van der Waals surface area contributed by atoms with E-state index in [0.717, 1.165) is 13.0 Å². The van der Waals surface area contributed by atoms with Crippen LogP contribution in [0.5, 0.6) is 0 Å². The van der Waals surface area contributed by atoms with Crippen LogP contribution < -0.4 is 5.73 Å². The van der Waals surface area contributed by atoms with Crippen molar-refractivity contribution in [2.75, 3.05) is 26.4 Å². The van der Waals surface area contributed by atoms with Gasteiger partial charge in [-0.25, -0.2) is 0 Å². The van der Waals surface area contributed by atoms with E-state index in [1.807, 2.05) is 6.92 Å². The van der Waals surface area contributed by atoms with Gasteiger partial charge in [-0.15, -0.1) is 0 Å². The Bertz CT molecular complexity index is 151. The molecule has 0 fully saturated rings. The van der Waals surface area contributed by atoms with Crippen LogP contribution in [0.2, 0.25) is 0 Å². The van der Waals surface area contributed by atoms with Gasteiger partial charge >= 0.3 is 0 Å². The second kappa shape index (κ2) is 8.05. The van der Waals surface area contributed by atoms with Crippen LogP contribution in [-0.4, -0.2) is 43.2 Å². The minimum Gasteiger partial charge on any atom is -0.389 e. The summed E-state index contributed by atoms with van der Waals surface area (Å²) in [5, 5.41) is 9.70. The lowest BCUT2D eigenvalue weighted by molar-refractivity contribution is -0.0348. The molecule has 0 aliphatic heterocycles. The Kier molecular flexibility index (Phi) is 7.96. The molecule has 0 bridgehead atoms. The Balaban J connectivity index is 3.45. The predicted octanol–water partition coefficient (Wildman–Crippen LogP) is 0.918. The zero-order valence-corrected chi connectivity index (χ0v) is 10.2. The summed E-state index contributed by atoms with van der Waals surface area (Å²) in [6.07, 6.45) is 1.59. The summed E-state index contributed by atoms with van der Waals surface area (Å²) in [5.74, 6) is 0. The molecule has 4 heteroatoms. The SMILES string of the molecule is CCCOCCOC(C)CC(C)(O)CN. The van der Waals surface area contributed by atoms with Gasteiger partial charge in [0.2, 0.25) is 0 Å². The molecular weight excluding hydrogens is 194 g/mol. The van der Waals surface area contributed by atoms with Gasteiger partial charge in [0.15, 0.2) is 0 Å². The van der Waals surface area contributed by atoms with E-state index in [-0.39, 0.29) is 12.6 Å². The monoisotopic (exact) mass is 219 g/mol. The molecule has 0 aliphatic carbocycles. The van der Waals surface area contributed by atoms with Crippen molar-refractivity contribution in [3.8, 4) is 0 Å². The largest absolute Gasteiger partial charge is 0.389 e. The molecule has 0 heterocycles. The predicted molar refractivity (Wildman–Crippen MR) is 60.8 cm³/mol. The highest BCUT2D eigenvalue weighted by Crippen LogP contribution is 2.12. The van der Waals surface area contributed by atoms with Gasteiger partial charge in [0.25, 0.3) is 0 Å². The van der Waals surface area contributed by atoms with E-state index in [0.29, 0.717) is 19.6 Å². The molecule has 0 spiro atoms. The molecule has 2 atom stereocenters. The maximum Gasteiger partial charge on any atom is 0.0765 e. The summed E-state index contributed by atoms with van der Waals surface area (Å²) in [6.45, 7) is 7.95. The van der Waals surface area contributed by atoms with Crippen molar-refractivity contribution >= 4 is 0 Å². The van der Waals surface area contributed by atoms with Crippen molar-refractivity contribution in [3.63, 3.8) is 0 Å². The van der Waals surface area contributed by atoms with E-state index in [9.17, 15) is 5.11 Å². The Hall–Kier alpha value is -0.160. The number of hydrogen-bond donors (Lipinski definition) is 2. The van der Waals surface area contributed by atoms with E-state index >= 15 is 0 Å². The highest BCUT2D eigenvalue weighted by Gasteiger charge is 2.21. The first-order valence-electron chi connectivity index (χ1n) is 5.63. The second-order valence-electron chi connectivity index (χ2n) is 4.20. The molecule has 2 unspecified atom stereocenters. The number of nitrogens with two attached hydrogens (primary N) is 1. The third kappa shape index (κ3) is 8.81. The molecule has 0 saturated heterocycles. The highest BCUT2D eigenvalue weighted by molar-refractivity contribution is 4.76. The summed E-state index contributed by atoms with van der Waals surface area (Å²) in [5.41, 5.74) is 4.59. The van der Waals surface area contributed by atoms with Gasteiger partial charge in [0.05, 0.1) is 24.9 Å². The lowest BCUT2D eigenvalue weighted by Gasteiger charge is -2.25. The lowest BCUT2D eigenvalue weighted by atomic mass is 10.00. The highest BCUT2D eigenvalue weighted by atomic mass is 16.5. The number of ether oxygens (including phenoxy) is 2. The van der Waals surface area contributed by atoms with Gasteiger partial charge < -0.3 is 20.3 Å². The maximum atomic E-state index is 9.70. The third-order valence-electron chi connectivity index (χ3n) is 2.15. The molecule has 0 aromatic carbocycles. The Morgan fingerprint density at radius 2 is 2.00 bits per heavy atom. The smallest absolute Gasteiger partial charge is 0.0765 e. The van der Waals surface area contributed by atoms with E-state index in [1.54, 1.807) is 6.92 Å². The molecule has 0 radical (unpaired) electrons. The average molecular weight is 219 g/mol. The van der Waals surface area contributed by atoms with Crippen molar-refractivity contribution < 1.29 is 14.6 Å². The van der Waals surface area contributed by atoms with Gasteiger partial charge in [-0.2, -0.15) is 0 Å². The molecule has 0 rings (SSSR count). The van der Waals surface area contributed by atoms with Gasteiger partial charge in [-0.05, 0) is 20.3 Å². The Labute approximate surface area is 92.7 Å². The maximum absolute atomic E-state index is 9.70. The number of rotatable bonds is 9. The molecule has 0 aromatic rings. The van der Waals surface area contributed by atoms with Crippen LogP contribution in [0.4, 0.5) is 0 Å². The molecule has 15 heavy (non-hydrogen) atoms. The van der Waals surface area contributed by atoms with E-state index in [4.69, 9.17) is 15.2 Å². The van der Waals surface area contributed by atoms with Crippen LogP contribution >= 0.6 is 0 Å². The molecule has 0 aromatic heterocycles. The van der Waals surface area contributed by atoms with Crippen LogP contribution in [0.25, 0.3) is 0 Å². The topological polar surface area (TPSA) is 64.7 Å². The second-order valence-corrected chi connectivity index (χ2v) is 4.20. The summed E-state index contributed by atoms with van der Waals surface area (Å²) in [7, 11) is 0. The van der Waals surface area contributed by atoms with Crippen LogP contribution in [0, 0.1) is 0 Å². The summed E-state index contributed by atoms with van der Waals surface area (Å²) >= 11 is 0. The molecule has 0 aliphatic rings. The fourth-order valence-electron chi connectivity index (χ4n) is 1.32. The normalized spacial score (nSPS) is 17.4. The minimum absolute atomic E-state index is 0.00813. The molecule has 3 N–H and O–H groups in total. The van der Waals surface area contributed by atoms with E-state index < -0.39 is 5.60 Å². The van der Waals surface area contributed by atoms with Gasteiger partial charge in [0.1, 0.15) is 0 Å². The van der Waals surface area contributed by atoms with Crippen LogP contribution in [-0.2, 0) is 9.47 Å². The third-order valence-corrected chi connectivity index (χ3v) is 2.15. The first-order valence-corrected chi connectivity index (χ1v) is 5.63. The fraction of sp³-hybridized carbons (Fsp3) is 1.00. The zero-order chi connectivity index (χ0) is 11.7. The first-order chi connectivity index (χ1) is 7.02. The van der Waals surface area contributed by atoms with Gasteiger partial charge in [-0.3, -0.25) is 0 Å². The van der Waals surface area contributed by atoms with Gasteiger partial charge in [-0.1, -0.05) is 6.92 Å². The zero-order valence-electron chi connectivity index (χ0n) is 10.2. The van der Waals surface area contributed by atoms with Gasteiger partial charge in [0, 0.05) is 19.6 Å². The quantitative estimate of drug-likeness (QED) is 0.566. The van der Waals surface area contributed by atoms with E-state index in [1.165, 1.54) is 0 Å². The summed E-state index contributed by atoms with van der Waals surface area (Å²) in [4.78, 5) is 0. The van der Waals surface area contributed by atoms with Crippen LogP contribution in [0.1, 0.15) is 33.6 Å².